The van der Waals surface area contributed by atoms with Gasteiger partial charge in [0.1, 0.15) is 12.4 Å². The van der Waals surface area contributed by atoms with Crippen molar-refractivity contribution in [2.75, 3.05) is 50.1 Å². The van der Waals surface area contributed by atoms with E-state index in [1.54, 1.807) is 42.6 Å². The fourth-order valence-corrected chi connectivity index (χ4v) is 4.21. The number of carbonyl (C=O) groups excluding carboxylic acids is 2. The number of nitrogens with zero attached hydrogens (tertiary/aromatic N) is 3. The summed E-state index contributed by atoms with van der Waals surface area (Å²) in [6.07, 6.45) is 0. The molecule has 2 amide bonds. The first-order valence-electron chi connectivity index (χ1n) is 11.1. The Morgan fingerprint density at radius 1 is 1.12 bits per heavy atom. The van der Waals surface area contributed by atoms with Crippen LogP contribution in [-0.4, -0.2) is 61.6 Å². The summed E-state index contributed by atoms with van der Waals surface area (Å²) in [6.45, 7) is 5.44. The Kier molecular flexibility index (Phi) is 7.76. The molecule has 34 heavy (non-hydrogen) atoms. The van der Waals surface area contributed by atoms with E-state index < -0.39 is 0 Å². The Morgan fingerprint density at radius 3 is 2.47 bits per heavy atom. The molecule has 0 aliphatic carbocycles. The van der Waals surface area contributed by atoms with Crippen molar-refractivity contribution in [3.63, 3.8) is 0 Å². The number of ether oxygens (including phenoxy) is 2. The summed E-state index contributed by atoms with van der Waals surface area (Å²) in [5.41, 5.74) is 3.16. The van der Waals surface area contributed by atoms with E-state index in [1.165, 1.54) is 4.90 Å². The molecule has 1 N–H and O–H groups in total. The van der Waals surface area contributed by atoms with Crippen LogP contribution in [0.5, 0.6) is 5.75 Å². The number of benzene rings is 2. The minimum absolute atomic E-state index is 0.0501. The highest BCUT2D eigenvalue weighted by atomic mass is 32.1. The van der Waals surface area contributed by atoms with E-state index >= 15 is 0 Å². The number of thiazole rings is 1. The van der Waals surface area contributed by atoms with Crippen LogP contribution in [0, 0.1) is 6.92 Å². The summed E-state index contributed by atoms with van der Waals surface area (Å²) < 4.78 is 11.1. The highest BCUT2D eigenvalue weighted by Crippen LogP contribution is 2.19. The zero-order valence-electron chi connectivity index (χ0n) is 19.3. The summed E-state index contributed by atoms with van der Waals surface area (Å²) in [7, 11) is 1.61. The van der Waals surface area contributed by atoms with Crippen molar-refractivity contribution in [1.82, 2.24) is 9.88 Å². The van der Waals surface area contributed by atoms with Crippen molar-refractivity contribution in [2.45, 2.75) is 13.5 Å². The Morgan fingerprint density at radius 2 is 1.82 bits per heavy atom. The fraction of sp³-hybridized carbons (Fsp3) is 0.320. The van der Waals surface area contributed by atoms with Crippen molar-refractivity contribution < 1.29 is 19.1 Å². The van der Waals surface area contributed by atoms with Crippen LogP contribution in [0.15, 0.2) is 53.9 Å². The normalized spacial score (nSPS) is 13.4. The number of amides is 2. The molecule has 1 fully saturated rings. The monoisotopic (exact) mass is 480 g/mol. The number of likely N-dealkylation sites (N-methyl/N-ethyl adjacent to an activating group) is 1. The molecule has 2 heterocycles. The molecule has 0 unspecified atom stereocenters. The highest BCUT2D eigenvalue weighted by molar-refractivity contribution is 7.09. The van der Waals surface area contributed by atoms with E-state index in [2.05, 4.69) is 15.2 Å². The predicted octanol–water partition coefficient (Wildman–Crippen LogP) is 3.58. The van der Waals surface area contributed by atoms with Gasteiger partial charge in [0.05, 0.1) is 30.5 Å². The number of carbonyl (C=O) groups is 2. The van der Waals surface area contributed by atoms with Crippen molar-refractivity contribution in [1.29, 1.82) is 0 Å². The van der Waals surface area contributed by atoms with Crippen molar-refractivity contribution >= 4 is 34.5 Å². The van der Waals surface area contributed by atoms with Gasteiger partial charge in [-0.05, 0) is 55.5 Å². The van der Waals surface area contributed by atoms with E-state index in [-0.39, 0.29) is 18.4 Å². The van der Waals surface area contributed by atoms with E-state index in [0.717, 1.165) is 42.7 Å². The number of anilines is 2. The lowest BCUT2D eigenvalue weighted by molar-refractivity contribution is -0.116. The van der Waals surface area contributed by atoms with Gasteiger partial charge >= 0.3 is 0 Å². The van der Waals surface area contributed by atoms with Crippen LogP contribution >= 0.6 is 11.3 Å². The third-order valence-corrected chi connectivity index (χ3v) is 6.23. The van der Waals surface area contributed by atoms with Crippen LogP contribution in [0.25, 0.3) is 0 Å². The van der Waals surface area contributed by atoms with Gasteiger partial charge in [-0.2, -0.15) is 0 Å². The lowest BCUT2D eigenvalue weighted by Crippen LogP contribution is -2.36. The molecule has 0 atom stereocenters. The molecule has 8 nitrogen and oxygen atoms in total. The molecule has 2 aromatic carbocycles. The van der Waals surface area contributed by atoms with Gasteiger partial charge in [0.15, 0.2) is 0 Å². The molecule has 0 bridgehead atoms. The van der Waals surface area contributed by atoms with Crippen LogP contribution in [0.4, 0.5) is 11.4 Å². The summed E-state index contributed by atoms with van der Waals surface area (Å²) in [6, 6.07) is 14.6. The third-order valence-electron chi connectivity index (χ3n) is 5.41. The van der Waals surface area contributed by atoms with Crippen LogP contribution in [0.3, 0.4) is 0 Å². The Bertz CT molecular complexity index is 1110. The number of nitrogens with one attached hydrogen (secondary N) is 1. The minimum atomic E-state index is -0.256. The molecule has 3 aromatic rings. The number of rotatable bonds is 8. The van der Waals surface area contributed by atoms with Gasteiger partial charge in [0.2, 0.25) is 5.91 Å². The second-order valence-electron chi connectivity index (χ2n) is 8.03. The lowest BCUT2D eigenvalue weighted by Gasteiger charge is -2.28. The molecule has 1 aromatic heterocycles. The van der Waals surface area contributed by atoms with Crippen molar-refractivity contribution in [2.24, 2.45) is 0 Å². The molecule has 178 valence electrons. The van der Waals surface area contributed by atoms with Gasteiger partial charge in [-0.1, -0.05) is 0 Å². The van der Waals surface area contributed by atoms with E-state index in [4.69, 9.17) is 9.47 Å². The van der Waals surface area contributed by atoms with Gasteiger partial charge in [-0.15, -0.1) is 11.3 Å². The van der Waals surface area contributed by atoms with E-state index in [0.29, 0.717) is 23.6 Å². The molecule has 9 heteroatoms. The molecule has 4 rings (SSSR count). The quantitative estimate of drug-likeness (QED) is 0.531. The maximum absolute atomic E-state index is 12.7. The van der Waals surface area contributed by atoms with E-state index in [9.17, 15) is 9.59 Å². The van der Waals surface area contributed by atoms with Crippen LogP contribution in [0.2, 0.25) is 0 Å². The summed E-state index contributed by atoms with van der Waals surface area (Å²) in [4.78, 5) is 33.2. The second kappa shape index (κ2) is 11.1. The SMILES string of the molecule is Cc1nc(COc2ccc(C(=O)N(C)CC(=O)Nc3ccc(N4CCOCC4)cc3)cc2)cs1. The fourth-order valence-electron chi connectivity index (χ4n) is 3.61. The molecule has 0 saturated carbocycles. The number of aryl methyl sites for hydroxylation is 1. The third kappa shape index (κ3) is 6.33. The minimum Gasteiger partial charge on any atom is -0.487 e. The Hall–Kier alpha value is -3.43. The molecule has 0 spiro atoms. The number of hydrogen-bond acceptors (Lipinski definition) is 7. The Labute approximate surface area is 203 Å². The average Bonchev–Trinajstić information content (AvgIpc) is 3.28. The number of morpholine rings is 1. The maximum Gasteiger partial charge on any atom is 0.254 e. The Balaban J connectivity index is 1.25. The maximum atomic E-state index is 12.7. The predicted molar refractivity (Wildman–Crippen MR) is 133 cm³/mol. The molecular formula is C25H28N4O4S. The first kappa shape index (κ1) is 23.7. The number of aromatic nitrogens is 1. The molecule has 1 aliphatic heterocycles. The van der Waals surface area contributed by atoms with Crippen LogP contribution in [0.1, 0.15) is 21.1 Å². The smallest absolute Gasteiger partial charge is 0.254 e. The van der Waals surface area contributed by atoms with Crippen LogP contribution < -0.4 is 15.0 Å². The summed E-state index contributed by atoms with van der Waals surface area (Å²) in [5, 5.41) is 5.81. The highest BCUT2D eigenvalue weighted by Gasteiger charge is 2.16. The number of hydrogen-bond donors (Lipinski definition) is 1. The van der Waals surface area contributed by atoms with Crippen LogP contribution in [-0.2, 0) is 16.1 Å². The standard InChI is InChI=1S/C25H28N4O4S/c1-18-26-21(17-34-18)16-33-23-9-3-19(4-10-23)25(31)28(2)15-24(30)27-20-5-7-22(8-6-20)29-11-13-32-14-12-29/h3-10,17H,11-16H2,1-2H3,(H,27,30). The van der Waals surface area contributed by atoms with Gasteiger partial charge in [0, 0.05) is 42.5 Å². The molecule has 1 aliphatic rings. The summed E-state index contributed by atoms with van der Waals surface area (Å²) >= 11 is 1.58. The van der Waals surface area contributed by atoms with E-state index in [1.807, 2.05) is 36.6 Å². The molecule has 1 saturated heterocycles. The lowest BCUT2D eigenvalue weighted by atomic mass is 10.2. The first-order chi connectivity index (χ1) is 16.5. The second-order valence-corrected chi connectivity index (χ2v) is 9.09. The summed E-state index contributed by atoms with van der Waals surface area (Å²) in [5.74, 6) is 0.163. The zero-order valence-corrected chi connectivity index (χ0v) is 20.1. The first-order valence-corrected chi connectivity index (χ1v) is 12.0. The van der Waals surface area contributed by atoms with Gasteiger partial charge < -0.3 is 24.6 Å². The van der Waals surface area contributed by atoms with Crippen molar-refractivity contribution in [3.05, 3.63) is 70.2 Å². The largest absolute Gasteiger partial charge is 0.487 e. The zero-order chi connectivity index (χ0) is 23.9. The van der Waals surface area contributed by atoms with Gasteiger partial charge in [-0.3, -0.25) is 9.59 Å². The van der Waals surface area contributed by atoms with Gasteiger partial charge in [0.25, 0.3) is 5.91 Å². The average molecular weight is 481 g/mol. The molecular weight excluding hydrogens is 452 g/mol. The topological polar surface area (TPSA) is 84.0 Å². The molecule has 0 radical (unpaired) electrons. The van der Waals surface area contributed by atoms with Crippen molar-refractivity contribution in [3.8, 4) is 5.75 Å². The van der Waals surface area contributed by atoms with Gasteiger partial charge in [-0.25, -0.2) is 4.98 Å².